The molecule has 2 heterocycles. The summed E-state index contributed by atoms with van der Waals surface area (Å²) in [4.78, 5) is 22.2. The van der Waals surface area contributed by atoms with Crippen LogP contribution in [0.3, 0.4) is 0 Å². The minimum Gasteiger partial charge on any atom is -0.490 e. The molecule has 0 bridgehead atoms. The second-order valence-electron chi connectivity index (χ2n) is 8.68. The standard InChI is InChI=1S/C25H36N6O3S/c1-7-33-20-10-9-18(13-21(20)34-8-2)24(32)26-11-12-31-23-19(15-28-31)22(27-14-16(3)4)29-25(30-23)35-17(5)6/h9-10,13,15-17H,7-8,11-12,14H2,1-6H3,(H,26,32)(H,27,29,30). The van der Waals surface area contributed by atoms with E-state index in [1.165, 1.54) is 0 Å². The van der Waals surface area contributed by atoms with Gasteiger partial charge in [0.05, 0.1) is 31.3 Å². The third kappa shape index (κ3) is 7.24. The molecule has 0 aliphatic carbocycles. The molecule has 3 aromatic rings. The highest BCUT2D eigenvalue weighted by Gasteiger charge is 2.16. The zero-order chi connectivity index (χ0) is 25.4. The number of benzene rings is 1. The molecule has 0 radical (unpaired) electrons. The molecule has 10 heteroatoms. The lowest BCUT2D eigenvalue weighted by Gasteiger charge is -2.13. The number of ether oxygens (including phenoxy) is 2. The molecule has 0 aliphatic rings. The largest absolute Gasteiger partial charge is 0.490 e. The van der Waals surface area contributed by atoms with Gasteiger partial charge in [-0.05, 0) is 38.0 Å². The third-order valence-corrected chi connectivity index (χ3v) is 5.77. The number of amides is 1. The molecule has 0 saturated carbocycles. The fraction of sp³-hybridized carbons (Fsp3) is 0.520. The normalized spacial score (nSPS) is 11.3. The Morgan fingerprint density at radius 3 is 2.51 bits per heavy atom. The summed E-state index contributed by atoms with van der Waals surface area (Å²) in [7, 11) is 0. The number of anilines is 1. The van der Waals surface area contributed by atoms with Gasteiger partial charge in [-0.1, -0.05) is 39.5 Å². The lowest BCUT2D eigenvalue weighted by Crippen LogP contribution is -2.27. The van der Waals surface area contributed by atoms with Gasteiger partial charge < -0.3 is 20.1 Å². The smallest absolute Gasteiger partial charge is 0.251 e. The maximum Gasteiger partial charge on any atom is 0.251 e. The molecule has 0 aliphatic heterocycles. The average Bonchev–Trinajstić information content (AvgIpc) is 3.21. The Balaban J connectivity index is 1.73. The first-order valence-electron chi connectivity index (χ1n) is 12.1. The highest BCUT2D eigenvalue weighted by molar-refractivity contribution is 7.99. The van der Waals surface area contributed by atoms with Gasteiger partial charge in [0.1, 0.15) is 5.82 Å². The molecular weight excluding hydrogens is 464 g/mol. The maximum absolute atomic E-state index is 12.8. The molecule has 2 aromatic heterocycles. The van der Waals surface area contributed by atoms with E-state index in [-0.39, 0.29) is 5.91 Å². The first-order valence-corrected chi connectivity index (χ1v) is 13.0. The molecule has 0 spiro atoms. The van der Waals surface area contributed by atoms with Crippen LogP contribution in [0.5, 0.6) is 11.5 Å². The van der Waals surface area contributed by atoms with Gasteiger partial charge in [-0.25, -0.2) is 14.6 Å². The fourth-order valence-electron chi connectivity index (χ4n) is 3.37. The number of rotatable bonds is 13. The summed E-state index contributed by atoms with van der Waals surface area (Å²) in [5.41, 5.74) is 1.27. The SMILES string of the molecule is CCOc1ccc(C(=O)NCCn2ncc3c(NCC(C)C)nc(SC(C)C)nc32)cc1OCC. The Bertz CT molecular complexity index is 1130. The van der Waals surface area contributed by atoms with Crippen molar-refractivity contribution in [3.8, 4) is 11.5 Å². The first-order chi connectivity index (χ1) is 16.8. The van der Waals surface area contributed by atoms with Crippen molar-refractivity contribution < 1.29 is 14.3 Å². The number of carbonyl (C=O) groups is 1. The topological polar surface area (TPSA) is 103 Å². The van der Waals surface area contributed by atoms with Crippen LogP contribution >= 0.6 is 11.8 Å². The summed E-state index contributed by atoms with van der Waals surface area (Å²) >= 11 is 1.61. The molecule has 3 rings (SSSR count). The monoisotopic (exact) mass is 500 g/mol. The van der Waals surface area contributed by atoms with Gasteiger partial charge in [0, 0.05) is 23.9 Å². The molecule has 0 atom stereocenters. The van der Waals surface area contributed by atoms with Gasteiger partial charge in [-0.3, -0.25) is 4.79 Å². The molecule has 2 N–H and O–H groups in total. The highest BCUT2D eigenvalue weighted by Crippen LogP contribution is 2.29. The molecule has 0 unspecified atom stereocenters. The summed E-state index contributed by atoms with van der Waals surface area (Å²) in [6.45, 7) is 15.1. The van der Waals surface area contributed by atoms with E-state index < -0.39 is 0 Å². The van der Waals surface area contributed by atoms with Crippen LogP contribution in [0, 0.1) is 5.92 Å². The van der Waals surface area contributed by atoms with Crippen molar-refractivity contribution >= 4 is 34.5 Å². The number of carbonyl (C=O) groups excluding carboxylic acids is 1. The van der Waals surface area contributed by atoms with E-state index in [2.05, 4.69) is 43.4 Å². The number of aromatic nitrogens is 4. The van der Waals surface area contributed by atoms with Gasteiger partial charge in [-0.15, -0.1) is 0 Å². The molecule has 1 amide bonds. The minimum absolute atomic E-state index is 0.185. The van der Waals surface area contributed by atoms with Crippen LogP contribution in [-0.4, -0.2) is 57.2 Å². The third-order valence-electron chi connectivity index (χ3n) is 4.91. The quantitative estimate of drug-likeness (QED) is 0.259. The Hall–Kier alpha value is -3.01. The summed E-state index contributed by atoms with van der Waals surface area (Å²) in [5.74, 6) is 2.28. The predicted molar refractivity (Wildman–Crippen MR) is 141 cm³/mol. The van der Waals surface area contributed by atoms with E-state index in [0.29, 0.717) is 59.7 Å². The average molecular weight is 501 g/mol. The van der Waals surface area contributed by atoms with Crippen molar-refractivity contribution in [2.45, 2.75) is 58.5 Å². The Kier molecular flexibility index (Phi) is 9.59. The number of hydrogen-bond acceptors (Lipinski definition) is 8. The Labute approximate surface area is 211 Å². The van der Waals surface area contributed by atoms with E-state index in [0.717, 1.165) is 23.4 Å². The number of nitrogens with zero attached hydrogens (tertiary/aromatic N) is 4. The van der Waals surface area contributed by atoms with Crippen molar-refractivity contribution in [2.75, 3.05) is 31.6 Å². The number of nitrogens with one attached hydrogen (secondary N) is 2. The van der Waals surface area contributed by atoms with Crippen LogP contribution in [0.2, 0.25) is 0 Å². The van der Waals surface area contributed by atoms with E-state index in [1.54, 1.807) is 36.2 Å². The van der Waals surface area contributed by atoms with Gasteiger partial charge >= 0.3 is 0 Å². The van der Waals surface area contributed by atoms with Crippen LogP contribution in [-0.2, 0) is 6.54 Å². The first kappa shape index (κ1) is 26.6. The van der Waals surface area contributed by atoms with Gasteiger partial charge in [-0.2, -0.15) is 5.10 Å². The lowest BCUT2D eigenvalue weighted by atomic mass is 10.2. The molecule has 190 valence electrons. The highest BCUT2D eigenvalue weighted by atomic mass is 32.2. The summed E-state index contributed by atoms with van der Waals surface area (Å²) < 4.78 is 13.0. The van der Waals surface area contributed by atoms with Crippen molar-refractivity contribution in [3.05, 3.63) is 30.0 Å². The predicted octanol–water partition coefficient (Wildman–Crippen LogP) is 4.62. The molecule has 9 nitrogen and oxygen atoms in total. The van der Waals surface area contributed by atoms with E-state index in [4.69, 9.17) is 19.4 Å². The minimum atomic E-state index is -0.185. The molecule has 1 aromatic carbocycles. The van der Waals surface area contributed by atoms with Crippen LogP contribution in [0.25, 0.3) is 11.0 Å². The number of hydrogen-bond donors (Lipinski definition) is 2. The van der Waals surface area contributed by atoms with Crippen LogP contribution < -0.4 is 20.1 Å². The van der Waals surface area contributed by atoms with Crippen molar-refractivity contribution in [3.63, 3.8) is 0 Å². The lowest BCUT2D eigenvalue weighted by molar-refractivity contribution is 0.0951. The van der Waals surface area contributed by atoms with E-state index >= 15 is 0 Å². The number of thioether (sulfide) groups is 1. The van der Waals surface area contributed by atoms with Crippen molar-refractivity contribution in [1.29, 1.82) is 0 Å². The fourth-order valence-corrected chi connectivity index (χ4v) is 4.07. The van der Waals surface area contributed by atoms with Crippen molar-refractivity contribution in [2.24, 2.45) is 5.92 Å². The zero-order valence-corrected chi connectivity index (χ0v) is 22.2. The molecular formula is C25H36N6O3S. The molecule has 35 heavy (non-hydrogen) atoms. The second kappa shape index (κ2) is 12.6. The van der Waals surface area contributed by atoms with E-state index in [1.807, 2.05) is 18.5 Å². The Morgan fingerprint density at radius 2 is 1.83 bits per heavy atom. The molecule has 0 fully saturated rings. The van der Waals surface area contributed by atoms with Crippen LogP contribution in [0.4, 0.5) is 5.82 Å². The summed E-state index contributed by atoms with van der Waals surface area (Å²) in [6, 6.07) is 5.21. The zero-order valence-electron chi connectivity index (χ0n) is 21.4. The summed E-state index contributed by atoms with van der Waals surface area (Å²) in [6.07, 6.45) is 1.78. The Morgan fingerprint density at radius 1 is 1.09 bits per heavy atom. The van der Waals surface area contributed by atoms with Crippen molar-refractivity contribution in [1.82, 2.24) is 25.1 Å². The second-order valence-corrected chi connectivity index (χ2v) is 10.2. The van der Waals surface area contributed by atoms with Crippen LogP contribution in [0.15, 0.2) is 29.6 Å². The summed E-state index contributed by atoms with van der Waals surface area (Å²) in [5, 5.41) is 12.9. The number of fused-ring (bicyclic) bond motifs is 1. The van der Waals surface area contributed by atoms with E-state index in [9.17, 15) is 4.79 Å². The van der Waals surface area contributed by atoms with Crippen LogP contribution in [0.1, 0.15) is 51.9 Å². The molecule has 0 saturated heterocycles. The maximum atomic E-state index is 12.8. The van der Waals surface area contributed by atoms with Gasteiger partial charge in [0.25, 0.3) is 5.91 Å². The van der Waals surface area contributed by atoms with Gasteiger partial charge in [0.2, 0.25) is 0 Å². The van der Waals surface area contributed by atoms with Gasteiger partial charge in [0.15, 0.2) is 22.3 Å².